The molecule has 4 heteroatoms. The highest BCUT2D eigenvalue weighted by Crippen LogP contribution is 2.21. The normalized spacial score (nSPS) is 10.7. The van der Waals surface area contributed by atoms with Crippen molar-refractivity contribution in [3.63, 3.8) is 0 Å². The third-order valence-electron chi connectivity index (χ3n) is 3.22. The number of benzene rings is 1. The number of fused-ring (bicyclic) bond motifs is 1. The maximum atomic E-state index is 4.45. The summed E-state index contributed by atoms with van der Waals surface area (Å²) in [4.78, 5) is 13.2. The van der Waals surface area contributed by atoms with Crippen LogP contribution in [0.25, 0.3) is 10.9 Å². The van der Waals surface area contributed by atoms with Crippen LogP contribution in [0.3, 0.4) is 0 Å². The Morgan fingerprint density at radius 3 is 2.70 bits per heavy atom. The van der Waals surface area contributed by atoms with Crippen molar-refractivity contribution in [2.75, 3.05) is 11.9 Å². The van der Waals surface area contributed by atoms with Gasteiger partial charge in [0, 0.05) is 36.9 Å². The maximum absolute atomic E-state index is 4.45. The fourth-order valence-electron chi connectivity index (χ4n) is 2.30. The molecule has 1 N–H and O–H groups in total. The first-order valence-corrected chi connectivity index (χ1v) is 6.75. The van der Waals surface area contributed by atoms with Gasteiger partial charge in [0.25, 0.3) is 0 Å². The van der Waals surface area contributed by atoms with Crippen LogP contribution in [0.1, 0.15) is 18.2 Å². The van der Waals surface area contributed by atoms with Crippen LogP contribution in [0.4, 0.5) is 5.82 Å². The highest BCUT2D eigenvalue weighted by molar-refractivity contribution is 5.82. The van der Waals surface area contributed by atoms with Gasteiger partial charge in [0.05, 0.1) is 11.2 Å². The molecule has 4 nitrogen and oxygen atoms in total. The predicted octanol–water partition coefficient (Wildman–Crippen LogP) is 3.05. The zero-order valence-electron chi connectivity index (χ0n) is 11.4. The largest absolute Gasteiger partial charge is 0.369 e. The molecule has 100 valence electrons. The second kappa shape index (κ2) is 5.65. The van der Waals surface area contributed by atoms with Crippen molar-refractivity contribution in [1.82, 2.24) is 15.0 Å². The van der Waals surface area contributed by atoms with Crippen molar-refractivity contribution in [1.29, 1.82) is 0 Å². The van der Waals surface area contributed by atoms with E-state index in [4.69, 9.17) is 0 Å². The molecule has 20 heavy (non-hydrogen) atoms. The molecule has 0 atom stereocenters. The lowest BCUT2D eigenvalue weighted by molar-refractivity contribution is 1.02. The first kappa shape index (κ1) is 12.5. The SMILES string of the molecule is CCNc1nccnc1Cc1ccnc2ccccc12. The van der Waals surface area contributed by atoms with Crippen molar-refractivity contribution in [2.45, 2.75) is 13.3 Å². The third-order valence-corrected chi connectivity index (χ3v) is 3.22. The minimum absolute atomic E-state index is 0.749. The Morgan fingerprint density at radius 2 is 1.80 bits per heavy atom. The summed E-state index contributed by atoms with van der Waals surface area (Å²) < 4.78 is 0. The monoisotopic (exact) mass is 264 g/mol. The molecule has 0 saturated heterocycles. The van der Waals surface area contributed by atoms with Gasteiger partial charge in [-0.25, -0.2) is 4.98 Å². The van der Waals surface area contributed by atoms with Gasteiger partial charge >= 0.3 is 0 Å². The molecule has 0 unspecified atom stereocenters. The van der Waals surface area contributed by atoms with Gasteiger partial charge in [0.1, 0.15) is 5.82 Å². The number of nitrogens with zero attached hydrogens (tertiary/aromatic N) is 3. The summed E-state index contributed by atoms with van der Waals surface area (Å²) in [6, 6.07) is 10.2. The number of nitrogens with one attached hydrogen (secondary N) is 1. The van der Waals surface area contributed by atoms with Crippen LogP contribution in [-0.4, -0.2) is 21.5 Å². The molecule has 0 saturated carbocycles. The average molecular weight is 264 g/mol. The number of rotatable bonds is 4. The molecule has 0 radical (unpaired) electrons. The molecular formula is C16H16N4. The quantitative estimate of drug-likeness (QED) is 0.787. The minimum Gasteiger partial charge on any atom is -0.369 e. The van der Waals surface area contributed by atoms with E-state index in [0.29, 0.717) is 0 Å². The Bertz CT molecular complexity index is 719. The van der Waals surface area contributed by atoms with E-state index in [1.807, 2.05) is 30.5 Å². The number of hydrogen-bond donors (Lipinski definition) is 1. The van der Waals surface area contributed by atoms with Crippen LogP contribution in [0, 0.1) is 0 Å². The van der Waals surface area contributed by atoms with Crippen molar-refractivity contribution in [3.05, 3.63) is 60.2 Å². The summed E-state index contributed by atoms with van der Waals surface area (Å²) in [6.45, 7) is 2.89. The summed E-state index contributed by atoms with van der Waals surface area (Å²) in [5, 5.41) is 4.42. The highest BCUT2D eigenvalue weighted by Gasteiger charge is 2.08. The molecular weight excluding hydrogens is 248 g/mol. The molecule has 0 aliphatic heterocycles. The predicted molar refractivity (Wildman–Crippen MR) is 80.7 cm³/mol. The van der Waals surface area contributed by atoms with Crippen LogP contribution in [0.5, 0.6) is 0 Å². The van der Waals surface area contributed by atoms with Crippen molar-refractivity contribution < 1.29 is 0 Å². The first-order valence-electron chi connectivity index (χ1n) is 6.75. The summed E-state index contributed by atoms with van der Waals surface area (Å²) >= 11 is 0. The summed E-state index contributed by atoms with van der Waals surface area (Å²) in [6.07, 6.45) is 6.05. The van der Waals surface area contributed by atoms with E-state index in [2.05, 4.69) is 33.3 Å². The van der Waals surface area contributed by atoms with E-state index in [1.54, 1.807) is 12.4 Å². The smallest absolute Gasteiger partial charge is 0.148 e. The van der Waals surface area contributed by atoms with Crippen molar-refractivity contribution >= 4 is 16.7 Å². The topological polar surface area (TPSA) is 50.7 Å². The Hall–Kier alpha value is -2.49. The summed E-state index contributed by atoms with van der Waals surface area (Å²) in [5.41, 5.74) is 3.19. The van der Waals surface area contributed by atoms with Crippen molar-refractivity contribution in [3.8, 4) is 0 Å². The Kier molecular flexibility index (Phi) is 3.54. The van der Waals surface area contributed by atoms with Gasteiger partial charge < -0.3 is 5.32 Å². The van der Waals surface area contributed by atoms with E-state index < -0.39 is 0 Å². The van der Waals surface area contributed by atoms with Gasteiger partial charge in [-0.3, -0.25) is 9.97 Å². The van der Waals surface area contributed by atoms with E-state index in [-0.39, 0.29) is 0 Å². The lowest BCUT2D eigenvalue weighted by Gasteiger charge is -2.09. The molecule has 0 bridgehead atoms. The van der Waals surface area contributed by atoms with Crippen LogP contribution in [0.15, 0.2) is 48.9 Å². The fourth-order valence-corrected chi connectivity index (χ4v) is 2.30. The standard InChI is InChI=1S/C16H16N4/c1-2-17-16-15(19-9-10-20-16)11-12-7-8-18-14-6-4-3-5-13(12)14/h3-10H,2,11H2,1H3,(H,17,20). The van der Waals surface area contributed by atoms with Gasteiger partial charge in [-0.05, 0) is 24.6 Å². The van der Waals surface area contributed by atoms with Crippen LogP contribution in [0.2, 0.25) is 0 Å². The zero-order chi connectivity index (χ0) is 13.8. The van der Waals surface area contributed by atoms with Gasteiger partial charge in [0.2, 0.25) is 0 Å². The van der Waals surface area contributed by atoms with Gasteiger partial charge in [0.15, 0.2) is 0 Å². The molecule has 3 aromatic rings. The highest BCUT2D eigenvalue weighted by atomic mass is 15.0. The Morgan fingerprint density at radius 1 is 0.950 bits per heavy atom. The molecule has 0 aliphatic rings. The van der Waals surface area contributed by atoms with Gasteiger partial charge in [-0.15, -0.1) is 0 Å². The minimum atomic E-state index is 0.749. The lowest BCUT2D eigenvalue weighted by atomic mass is 10.0. The second-order valence-electron chi connectivity index (χ2n) is 4.55. The third kappa shape index (κ3) is 2.45. The number of aromatic nitrogens is 3. The molecule has 0 fully saturated rings. The molecule has 0 amide bonds. The molecule has 1 aromatic carbocycles. The molecule has 3 rings (SSSR count). The van der Waals surface area contributed by atoms with E-state index in [9.17, 15) is 0 Å². The first-order chi connectivity index (χ1) is 9.88. The molecule has 2 heterocycles. The van der Waals surface area contributed by atoms with E-state index in [1.165, 1.54) is 10.9 Å². The summed E-state index contributed by atoms with van der Waals surface area (Å²) in [7, 11) is 0. The zero-order valence-corrected chi connectivity index (χ0v) is 11.4. The number of anilines is 1. The average Bonchev–Trinajstić information content (AvgIpc) is 2.50. The van der Waals surface area contributed by atoms with Gasteiger partial charge in [-0.2, -0.15) is 0 Å². The molecule has 0 spiro atoms. The maximum Gasteiger partial charge on any atom is 0.148 e. The van der Waals surface area contributed by atoms with Crippen LogP contribution >= 0.6 is 0 Å². The fraction of sp³-hybridized carbons (Fsp3) is 0.188. The number of para-hydroxylation sites is 1. The van der Waals surface area contributed by atoms with Crippen LogP contribution < -0.4 is 5.32 Å². The second-order valence-corrected chi connectivity index (χ2v) is 4.55. The summed E-state index contributed by atoms with van der Waals surface area (Å²) in [5.74, 6) is 0.857. The molecule has 0 aliphatic carbocycles. The lowest BCUT2D eigenvalue weighted by Crippen LogP contribution is -2.05. The van der Waals surface area contributed by atoms with Crippen molar-refractivity contribution in [2.24, 2.45) is 0 Å². The van der Waals surface area contributed by atoms with E-state index in [0.717, 1.165) is 30.0 Å². The molecule has 2 aromatic heterocycles. The Labute approximate surface area is 117 Å². The number of hydrogen-bond acceptors (Lipinski definition) is 4. The Balaban J connectivity index is 2.01. The number of pyridine rings is 1. The van der Waals surface area contributed by atoms with Gasteiger partial charge in [-0.1, -0.05) is 18.2 Å². The van der Waals surface area contributed by atoms with E-state index >= 15 is 0 Å². The van der Waals surface area contributed by atoms with Crippen LogP contribution in [-0.2, 0) is 6.42 Å².